The summed E-state index contributed by atoms with van der Waals surface area (Å²) < 4.78 is 27.1. The first-order valence-corrected chi connectivity index (χ1v) is 10.5. The molecule has 3 aliphatic heterocycles. The van der Waals surface area contributed by atoms with Gasteiger partial charge in [-0.15, -0.1) is 0 Å². The summed E-state index contributed by atoms with van der Waals surface area (Å²) >= 11 is 0. The summed E-state index contributed by atoms with van der Waals surface area (Å²) in [4.78, 5) is 0. The van der Waals surface area contributed by atoms with Gasteiger partial charge in [-0.05, 0) is 6.92 Å². The van der Waals surface area contributed by atoms with Gasteiger partial charge in [-0.2, -0.15) is 0 Å². The Hall–Kier alpha value is -0.600. The largest absolute Gasteiger partial charge is 0.394 e. The zero-order chi connectivity index (χ0) is 24.6. The van der Waals surface area contributed by atoms with Gasteiger partial charge in [0.2, 0.25) is 0 Å². The van der Waals surface area contributed by atoms with E-state index in [-0.39, 0.29) is 0 Å². The van der Waals surface area contributed by atoms with Gasteiger partial charge in [0.1, 0.15) is 61.0 Å². The van der Waals surface area contributed by atoms with Crippen LogP contribution in [0.15, 0.2) is 0 Å². The minimum Gasteiger partial charge on any atom is -0.394 e. The van der Waals surface area contributed by atoms with Gasteiger partial charge in [0.25, 0.3) is 0 Å². The van der Waals surface area contributed by atoms with Gasteiger partial charge >= 0.3 is 0 Å². The summed E-state index contributed by atoms with van der Waals surface area (Å²) in [5, 5.41) is 90.1. The molecule has 15 atom stereocenters. The number of hydrogen-bond acceptors (Lipinski definition) is 15. The van der Waals surface area contributed by atoms with Crippen LogP contribution in [-0.2, 0) is 23.7 Å². The molecule has 3 rings (SSSR count). The van der Waals surface area contributed by atoms with Crippen molar-refractivity contribution in [2.75, 3.05) is 13.2 Å². The third-order valence-corrected chi connectivity index (χ3v) is 6.14. The van der Waals surface area contributed by atoms with Crippen LogP contribution in [0.3, 0.4) is 0 Å². The number of aliphatic hydroxyl groups excluding tert-OH is 9. The molecule has 0 aromatic carbocycles. The molecule has 0 saturated carbocycles. The molecule has 3 fully saturated rings. The van der Waals surface area contributed by atoms with Crippen molar-refractivity contribution in [3.05, 3.63) is 0 Å². The molecule has 194 valence electrons. The fourth-order valence-electron chi connectivity index (χ4n) is 4.02. The van der Waals surface area contributed by atoms with Crippen LogP contribution in [0.2, 0.25) is 0 Å². The first kappa shape index (κ1) is 27.0. The van der Waals surface area contributed by atoms with E-state index in [1.807, 2.05) is 0 Å². The maximum absolute atomic E-state index is 10.7. The number of ether oxygens (including phenoxy) is 5. The summed E-state index contributed by atoms with van der Waals surface area (Å²) in [7, 11) is 0. The molecule has 3 saturated heterocycles. The molecule has 0 aromatic rings. The second-order valence-electron chi connectivity index (χ2n) is 8.41. The summed E-state index contributed by atoms with van der Waals surface area (Å²) in [6.45, 7) is -0.0121. The second-order valence-corrected chi connectivity index (χ2v) is 8.41. The van der Waals surface area contributed by atoms with E-state index in [2.05, 4.69) is 0 Å². The predicted octanol–water partition coefficient (Wildman–Crippen LogP) is -6.58. The zero-order valence-electron chi connectivity index (χ0n) is 17.7. The lowest BCUT2D eigenvalue weighted by atomic mass is 9.95. The Morgan fingerprint density at radius 3 is 1.82 bits per heavy atom. The summed E-state index contributed by atoms with van der Waals surface area (Å²) in [5.74, 6) is 0. The van der Waals surface area contributed by atoms with E-state index >= 15 is 0 Å². The molecule has 0 bridgehead atoms. The topological polar surface area (TPSA) is 254 Å². The molecular weight excluding hydrogens is 454 g/mol. The van der Waals surface area contributed by atoms with Crippen molar-refractivity contribution in [3.8, 4) is 0 Å². The molecule has 33 heavy (non-hydrogen) atoms. The number of hydrogen-bond donors (Lipinski definition) is 10. The highest BCUT2D eigenvalue weighted by Gasteiger charge is 2.53. The Labute approximate surface area is 188 Å². The molecule has 3 heterocycles. The number of aliphatic hydroxyl groups is 9. The van der Waals surface area contributed by atoms with Gasteiger partial charge in [-0.25, -0.2) is 0 Å². The number of nitrogens with two attached hydrogens (primary N) is 1. The van der Waals surface area contributed by atoms with Crippen LogP contribution in [-0.4, -0.2) is 151 Å². The average Bonchev–Trinajstić information content (AvgIpc) is 2.79. The normalized spacial score (nSPS) is 53.7. The lowest BCUT2D eigenvalue weighted by molar-refractivity contribution is -0.379. The van der Waals surface area contributed by atoms with Gasteiger partial charge in [0.15, 0.2) is 18.9 Å². The molecular formula is C18H33NO14. The van der Waals surface area contributed by atoms with E-state index in [0.29, 0.717) is 0 Å². The van der Waals surface area contributed by atoms with Gasteiger partial charge in [-0.1, -0.05) is 0 Å². The fraction of sp³-hybridized carbons (Fsp3) is 1.00. The van der Waals surface area contributed by atoms with Crippen molar-refractivity contribution in [1.82, 2.24) is 0 Å². The number of rotatable bonds is 6. The smallest absolute Gasteiger partial charge is 0.187 e. The third-order valence-electron chi connectivity index (χ3n) is 6.14. The van der Waals surface area contributed by atoms with Crippen molar-refractivity contribution >= 4 is 0 Å². The Kier molecular flexibility index (Phi) is 8.99. The monoisotopic (exact) mass is 487 g/mol. The Morgan fingerprint density at radius 2 is 1.21 bits per heavy atom. The summed E-state index contributed by atoms with van der Waals surface area (Å²) in [6.07, 6.45) is -21.2. The molecule has 0 aliphatic carbocycles. The molecule has 0 amide bonds. The lowest BCUT2D eigenvalue weighted by Gasteiger charge is -2.48. The summed E-state index contributed by atoms with van der Waals surface area (Å²) in [5.41, 5.74) is 5.86. The highest BCUT2D eigenvalue weighted by Crippen LogP contribution is 2.32. The van der Waals surface area contributed by atoms with Gasteiger partial charge in [0.05, 0.1) is 25.4 Å². The highest BCUT2D eigenvalue weighted by molar-refractivity contribution is 4.96. The minimum atomic E-state index is -1.84. The first-order chi connectivity index (χ1) is 15.5. The SMILES string of the molecule is C[C@@H]1O[C@@H](O[C@H]2C(O)O[C@H](CO)[C@H](O)[C@@H]2O[C@H]2O[C@H](CO)[C@H](O)[C@H](O)[C@H]2N)[C@@H](O)[C@H](O)[C@@H]1O. The zero-order valence-corrected chi connectivity index (χ0v) is 17.7. The van der Waals surface area contributed by atoms with Crippen LogP contribution in [0.5, 0.6) is 0 Å². The minimum absolute atomic E-state index is 0.691. The van der Waals surface area contributed by atoms with Crippen LogP contribution in [0, 0.1) is 0 Å². The molecule has 11 N–H and O–H groups in total. The third kappa shape index (κ3) is 5.32. The maximum Gasteiger partial charge on any atom is 0.187 e. The molecule has 1 unspecified atom stereocenters. The molecule has 15 heteroatoms. The van der Waals surface area contributed by atoms with Crippen molar-refractivity contribution in [2.45, 2.75) is 99.0 Å². The highest BCUT2D eigenvalue weighted by atomic mass is 16.8. The van der Waals surface area contributed by atoms with Crippen LogP contribution < -0.4 is 5.73 Å². The molecule has 3 aliphatic rings. The van der Waals surface area contributed by atoms with Crippen LogP contribution in [0.1, 0.15) is 6.92 Å². The molecule has 0 radical (unpaired) electrons. The summed E-state index contributed by atoms with van der Waals surface area (Å²) in [6, 6.07) is -1.35. The lowest BCUT2D eigenvalue weighted by Crippen LogP contribution is -2.67. The molecule has 0 spiro atoms. The second kappa shape index (κ2) is 11.0. The fourth-order valence-corrected chi connectivity index (χ4v) is 4.02. The average molecular weight is 487 g/mol. The quantitative estimate of drug-likeness (QED) is 0.167. The first-order valence-electron chi connectivity index (χ1n) is 10.5. The van der Waals surface area contributed by atoms with Crippen molar-refractivity contribution in [3.63, 3.8) is 0 Å². The van der Waals surface area contributed by atoms with E-state index < -0.39 is 105 Å². The molecule has 15 nitrogen and oxygen atoms in total. The van der Waals surface area contributed by atoms with E-state index in [1.165, 1.54) is 6.92 Å². The van der Waals surface area contributed by atoms with Gasteiger partial charge < -0.3 is 75.4 Å². The van der Waals surface area contributed by atoms with Crippen LogP contribution >= 0.6 is 0 Å². The molecule has 0 aromatic heterocycles. The van der Waals surface area contributed by atoms with Crippen LogP contribution in [0.25, 0.3) is 0 Å². The van der Waals surface area contributed by atoms with E-state index in [4.69, 9.17) is 29.4 Å². The Morgan fingerprint density at radius 1 is 0.636 bits per heavy atom. The van der Waals surface area contributed by atoms with Gasteiger partial charge in [-0.3, -0.25) is 0 Å². The van der Waals surface area contributed by atoms with E-state index in [9.17, 15) is 46.0 Å². The van der Waals surface area contributed by atoms with E-state index in [0.717, 1.165) is 0 Å². The van der Waals surface area contributed by atoms with Crippen LogP contribution in [0.4, 0.5) is 0 Å². The van der Waals surface area contributed by atoms with Gasteiger partial charge in [0, 0.05) is 0 Å². The Bertz CT molecular complexity index is 629. The maximum atomic E-state index is 10.7. The van der Waals surface area contributed by atoms with Crippen molar-refractivity contribution in [2.24, 2.45) is 5.73 Å². The predicted molar refractivity (Wildman–Crippen MR) is 102 cm³/mol. The van der Waals surface area contributed by atoms with E-state index in [1.54, 1.807) is 0 Å². The van der Waals surface area contributed by atoms with Crippen molar-refractivity contribution in [1.29, 1.82) is 0 Å². The van der Waals surface area contributed by atoms with Crippen molar-refractivity contribution < 1.29 is 69.6 Å². The Balaban J connectivity index is 1.82. The standard InChI is InChI=1S/C18H33NO14/c1-4-8(22)12(26)13(27)18(29-4)33-15-14(10(24)6(3-21)30-16(15)28)32-17-7(19)11(25)9(23)5(2-20)31-17/h4-18,20-28H,2-3,19H2,1H3/t4-,5+,6+,7+,8+,9-,10-,11+,12+,13-,14-,15+,16?,17+,18-/m0/s1.